The number of carbonyl (C=O) groups is 1. The minimum Gasteiger partial charge on any atom is -0.305 e. The molecule has 0 bridgehead atoms. The van der Waals surface area contributed by atoms with Crippen LogP contribution in [0.3, 0.4) is 0 Å². The van der Waals surface area contributed by atoms with Gasteiger partial charge in [0.25, 0.3) is 5.91 Å². The highest BCUT2D eigenvalue weighted by atomic mass is 32.2. The third-order valence-corrected chi connectivity index (χ3v) is 6.52. The second-order valence-electron chi connectivity index (χ2n) is 7.63. The van der Waals surface area contributed by atoms with Gasteiger partial charge >= 0.3 is 0 Å². The van der Waals surface area contributed by atoms with Crippen molar-refractivity contribution in [3.63, 3.8) is 0 Å². The average Bonchev–Trinajstić information content (AvgIpc) is 3.07. The SMILES string of the molecule is C[C@@H]1Cc2ccccc2N1C(=O)c1ccccc1N(Cc1ccccc1)S(C)(=O)=O. The molecule has 0 aromatic heterocycles. The molecule has 3 aromatic rings. The number of sulfonamides is 1. The van der Waals surface area contributed by atoms with Crippen molar-refractivity contribution in [2.75, 3.05) is 15.5 Å². The Bertz CT molecular complexity index is 1180. The number of rotatable bonds is 5. The second-order valence-corrected chi connectivity index (χ2v) is 9.54. The maximum atomic E-state index is 13.6. The second kappa shape index (κ2) is 7.95. The van der Waals surface area contributed by atoms with Crippen molar-refractivity contribution in [3.8, 4) is 0 Å². The molecule has 1 heterocycles. The number of anilines is 2. The molecule has 0 saturated carbocycles. The molecule has 0 spiro atoms. The van der Waals surface area contributed by atoms with Crippen molar-refractivity contribution in [3.05, 3.63) is 95.6 Å². The van der Waals surface area contributed by atoms with Crippen LogP contribution >= 0.6 is 0 Å². The number of nitrogens with zero attached hydrogens (tertiary/aromatic N) is 2. The largest absolute Gasteiger partial charge is 0.305 e. The average molecular weight is 421 g/mol. The Morgan fingerprint density at radius 1 is 0.967 bits per heavy atom. The van der Waals surface area contributed by atoms with Crippen molar-refractivity contribution >= 4 is 27.3 Å². The molecule has 3 aromatic carbocycles. The van der Waals surface area contributed by atoms with E-state index in [1.165, 1.54) is 10.6 Å². The van der Waals surface area contributed by atoms with Crippen LogP contribution in [0.25, 0.3) is 0 Å². The third kappa shape index (κ3) is 3.83. The molecule has 30 heavy (non-hydrogen) atoms. The van der Waals surface area contributed by atoms with Gasteiger partial charge in [-0.25, -0.2) is 8.42 Å². The highest BCUT2D eigenvalue weighted by Crippen LogP contribution is 2.35. The molecular weight excluding hydrogens is 396 g/mol. The number of carbonyl (C=O) groups excluding carboxylic acids is 1. The summed E-state index contributed by atoms with van der Waals surface area (Å²) in [6.45, 7) is 2.18. The standard InChI is InChI=1S/C24H24N2O3S/c1-18-16-20-12-6-8-14-22(20)26(18)24(27)21-13-7-9-15-23(21)25(30(2,28)29)17-19-10-4-3-5-11-19/h3-15,18H,16-17H2,1-2H3/t18-/m1/s1. The van der Waals surface area contributed by atoms with Gasteiger partial charge in [-0.05, 0) is 42.7 Å². The monoisotopic (exact) mass is 420 g/mol. The van der Waals surface area contributed by atoms with Gasteiger partial charge in [-0.2, -0.15) is 0 Å². The lowest BCUT2D eigenvalue weighted by molar-refractivity contribution is 0.0982. The molecule has 1 aliphatic rings. The summed E-state index contributed by atoms with van der Waals surface area (Å²) in [7, 11) is -3.61. The molecule has 0 saturated heterocycles. The molecule has 5 nitrogen and oxygen atoms in total. The zero-order chi connectivity index (χ0) is 21.3. The molecule has 1 amide bonds. The summed E-state index contributed by atoms with van der Waals surface area (Å²) in [5.74, 6) is -0.190. The Morgan fingerprint density at radius 3 is 2.33 bits per heavy atom. The summed E-state index contributed by atoms with van der Waals surface area (Å²) in [4.78, 5) is 15.4. The Kier molecular flexibility index (Phi) is 5.35. The lowest BCUT2D eigenvalue weighted by Gasteiger charge is -2.28. The van der Waals surface area contributed by atoms with Crippen LogP contribution < -0.4 is 9.21 Å². The number of amides is 1. The minimum atomic E-state index is -3.61. The lowest BCUT2D eigenvalue weighted by Crippen LogP contribution is -2.38. The van der Waals surface area contributed by atoms with Crippen molar-refractivity contribution in [2.45, 2.75) is 25.9 Å². The first kappa shape index (κ1) is 20.2. The fourth-order valence-electron chi connectivity index (χ4n) is 4.01. The fourth-order valence-corrected chi connectivity index (χ4v) is 4.91. The molecule has 4 rings (SSSR count). The first-order valence-corrected chi connectivity index (χ1v) is 11.7. The molecule has 0 unspecified atom stereocenters. The Labute approximate surface area is 177 Å². The van der Waals surface area contributed by atoms with Crippen LogP contribution in [-0.2, 0) is 23.0 Å². The number of benzene rings is 3. The van der Waals surface area contributed by atoms with E-state index in [0.29, 0.717) is 11.3 Å². The molecule has 1 aliphatic heterocycles. The van der Waals surface area contributed by atoms with Gasteiger partial charge in [0, 0.05) is 11.7 Å². The van der Waals surface area contributed by atoms with E-state index in [2.05, 4.69) is 0 Å². The van der Waals surface area contributed by atoms with Crippen LogP contribution in [0.4, 0.5) is 11.4 Å². The van der Waals surface area contributed by atoms with E-state index in [1.54, 1.807) is 29.2 Å². The van der Waals surface area contributed by atoms with Crippen molar-refractivity contribution < 1.29 is 13.2 Å². The summed E-state index contributed by atoms with van der Waals surface area (Å²) in [5.41, 5.74) is 3.64. The van der Waals surface area contributed by atoms with E-state index in [0.717, 1.165) is 23.2 Å². The van der Waals surface area contributed by atoms with Crippen LogP contribution in [-0.4, -0.2) is 26.6 Å². The quantitative estimate of drug-likeness (QED) is 0.620. The van der Waals surface area contributed by atoms with Gasteiger partial charge in [-0.15, -0.1) is 0 Å². The van der Waals surface area contributed by atoms with E-state index < -0.39 is 10.0 Å². The normalized spacial score (nSPS) is 15.7. The molecule has 154 valence electrons. The predicted molar refractivity (Wildman–Crippen MR) is 120 cm³/mol. The minimum absolute atomic E-state index is 0.00348. The fraction of sp³-hybridized carbons (Fsp3) is 0.208. The first-order valence-electron chi connectivity index (χ1n) is 9.88. The summed E-state index contributed by atoms with van der Waals surface area (Å²) in [6.07, 6.45) is 1.95. The van der Waals surface area contributed by atoms with Crippen LogP contribution in [0.2, 0.25) is 0 Å². The van der Waals surface area contributed by atoms with E-state index in [9.17, 15) is 13.2 Å². The lowest BCUT2D eigenvalue weighted by atomic mass is 10.1. The van der Waals surface area contributed by atoms with Gasteiger partial charge in [0.15, 0.2) is 0 Å². The van der Waals surface area contributed by atoms with Crippen molar-refractivity contribution in [1.29, 1.82) is 0 Å². The zero-order valence-electron chi connectivity index (χ0n) is 17.0. The van der Waals surface area contributed by atoms with Crippen molar-refractivity contribution in [2.24, 2.45) is 0 Å². The van der Waals surface area contributed by atoms with Gasteiger partial charge in [-0.3, -0.25) is 9.10 Å². The Hall–Kier alpha value is -3.12. The summed E-state index contributed by atoms with van der Waals surface area (Å²) in [6, 6.07) is 24.2. The van der Waals surface area contributed by atoms with Crippen LogP contribution in [0, 0.1) is 0 Å². The third-order valence-electron chi connectivity index (χ3n) is 5.40. The molecule has 6 heteroatoms. The summed E-state index contributed by atoms with van der Waals surface area (Å²) >= 11 is 0. The van der Waals surface area contributed by atoms with E-state index in [1.807, 2.05) is 61.5 Å². The highest BCUT2D eigenvalue weighted by molar-refractivity contribution is 7.92. The number of hydrogen-bond acceptors (Lipinski definition) is 3. The topological polar surface area (TPSA) is 57.7 Å². The van der Waals surface area contributed by atoms with Gasteiger partial charge in [0.1, 0.15) is 0 Å². The molecule has 0 radical (unpaired) electrons. The van der Waals surface area contributed by atoms with Gasteiger partial charge < -0.3 is 4.90 Å². The van der Waals surface area contributed by atoms with E-state index in [-0.39, 0.29) is 18.5 Å². The van der Waals surface area contributed by atoms with Crippen LogP contribution in [0.15, 0.2) is 78.9 Å². The van der Waals surface area contributed by atoms with Crippen molar-refractivity contribution in [1.82, 2.24) is 0 Å². The summed E-state index contributed by atoms with van der Waals surface area (Å²) in [5, 5.41) is 0. The smallest absolute Gasteiger partial charge is 0.260 e. The predicted octanol–water partition coefficient (Wildman–Crippen LogP) is 4.24. The zero-order valence-corrected chi connectivity index (χ0v) is 17.8. The van der Waals surface area contributed by atoms with Crippen LogP contribution in [0.1, 0.15) is 28.4 Å². The van der Waals surface area contributed by atoms with Crippen LogP contribution in [0.5, 0.6) is 0 Å². The number of fused-ring (bicyclic) bond motifs is 1. The Morgan fingerprint density at radius 2 is 1.60 bits per heavy atom. The van der Waals surface area contributed by atoms with Gasteiger partial charge in [0.2, 0.25) is 10.0 Å². The molecular formula is C24H24N2O3S. The maximum Gasteiger partial charge on any atom is 0.260 e. The van der Waals surface area contributed by atoms with E-state index >= 15 is 0 Å². The van der Waals surface area contributed by atoms with Gasteiger partial charge in [-0.1, -0.05) is 60.7 Å². The highest BCUT2D eigenvalue weighted by Gasteiger charge is 2.33. The maximum absolute atomic E-state index is 13.6. The Balaban J connectivity index is 1.77. The molecule has 1 atom stereocenters. The molecule has 0 fully saturated rings. The van der Waals surface area contributed by atoms with E-state index in [4.69, 9.17) is 0 Å². The first-order chi connectivity index (χ1) is 14.4. The summed E-state index contributed by atoms with van der Waals surface area (Å²) < 4.78 is 26.7. The molecule has 0 aliphatic carbocycles. The number of para-hydroxylation sites is 2. The number of hydrogen-bond donors (Lipinski definition) is 0. The molecule has 0 N–H and O–H groups in total. The van der Waals surface area contributed by atoms with Gasteiger partial charge in [0.05, 0.1) is 24.1 Å².